The number of aromatic nitrogens is 1. The Balaban J connectivity index is 2.43. The van der Waals surface area contributed by atoms with Gasteiger partial charge in [0.2, 0.25) is 0 Å². The number of halogens is 2. The van der Waals surface area contributed by atoms with Gasteiger partial charge < -0.3 is 0 Å². The van der Waals surface area contributed by atoms with E-state index in [1.54, 1.807) is 18.2 Å². The Morgan fingerprint density at radius 2 is 1.83 bits per heavy atom. The quantitative estimate of drug-likeness (QED) is 0.621. The molecule has 0 amide bonds. The second kappa shape index (κ2) is 5.56. The molecule has 1 aromatic heterocycles. The molecule has 0 aliphatic heterocycles. The van der Waals surface area contributed by atoms with Gasteiger partial charge >= 0.3 is 5.69 Å². The highest BCUT2D eigenvalue weighted by Crippen LogP contribution is 2.40. The number of hydrogen-bond acceptors (Lipinski definition) is 4. The van der Waals surface area contributed by atoms with Crippen molar-refractivity contribution in [3.63, 3.8) is 0 Å². The van der Waals surface area contributed by atoms with Crippen LogP contribution in [-0.4, -0.2) is 9.91 Å². The van der Waals surface area contributed by atoms with E-state index >= 15 is 0 Å². The highest BCUT2D eigenvalue weighted by Gasteiger charge is 2.17. The molecule has 0 unspecified atom stereocenters. The minimum atomic E-state index is -0.486. The van der Waals surface area contributed by atoms with Gasteiger partial charge in [-0.3, -0.25) is 10.1 Å². The third kappa shape index (κ3) is 2.75. The largest absolute Gasteiger partial charge is 0.301 e. The summed E-state index contributed by atoms with van der Waals surface area (Å²) in [4.78, 5) is 14.9. The molecule has 92 valence electrons. The minimum Gasteiger partial charge on any atom is -0.258 e. The molecular weight excluding hydrogens is 295 g/mol. The maximum atomic E-state index is 10.9. The summed E-state index contributed by atoms with van der Waals surface area (Å²) in [5.74, 6) is 0. The predicted octanol–water partition coefficient (Wildman–Crippen LogP) is 4.45. The SMILES string of the molecule is O=[N+]([O-])c1cccnc1Sc1c(Cl)cccc1Cl. The maximum absolute atomic E-state index is 10.9. The van der Waals surface area contributed by atoms with Gasteiger partial charge in [0.1, 0.15) is 0 Å². The van der Waals surface area contributed by atoms with Crippen LogP contribution in [-0.2, 0) is 0 Å². The van der Waals surface area contributed by atoms with E-state index < -0.39 is 4.92 Å². The van der Waals surface area contributed by atoms with E-state index in [4.69, 9.17) is 23.2 Å². The first-order valence-corrected chi connectivity index (χ1v) is 6.38. The molecule has 0 saturated heterocycles. The van der Waals surface area contributed by atoms with Gasteiger partial charge in [0.05, 0.1) is 19.9 Å². The Kier molecular flexibility index (Phi) is 4.06. The normalized spacial score (nSPS) is 10.3. The number of nitro groups is 1. The van der Waals surface area contributed by atoms with E-state index in [1.165, 1.54) is 18.3 Å². The van der Waals surface area contributed by atoms with Crippen LogP contribution in [0.15, 0.2) is 46.5 Å². The van der Waals surface area contributed by atoms with Gasteiger partial charge in [-0.1, -0.05) is 41.0 Å². The van der Waals surface area contributed by atoms with Crippen molar-refractivity contribution in [1.82, 2.24) is 4.98 Å². The highest BCUT2D eigenvalue weighted by atomic mass is 35.5. The van der Waals surface area contributed by atoms with Crippen LogP contribution in [0.25, 0.3) is 0 Å². The summed E-state index contributed by atoms with van der Waals surface area (Å²) in [6.45, 7) is 0. The van der Waals surface area contributed by atoms with E-state index in [2.05, 4.69) is 4.98 Å². The van der Waals surface area contributed by atoms with Crippen LogP contribution in [0.5, 0.6) is 0 Å². The summed E-state index contributed by atoms with van der Waals surface area (Å²) in [6, 6.07) is 7.95. The molecule has 0 radical (unpaired) electrons. The molecule has 0 aliphatic carbocycles. The molecule has 0 saturated carbocycles. The van der Waals surface area contributed by atoms with Crippen molar-refractivity contribution in [2.75, 3.05) is 0 Å². The lowest BCUT2D eigenvalue weighted by Gasteiger charge is -2.05. The third-order valence-electron chi connectivity index (χ3n) is 2.07. The number of benzene rings is 1. The number of pyridine rings is 1. The molecule has 0 aliphatic rings. The van der Waals surface area contributed by atoms with Gasteiger partial charge in [-0.05, 0) is 18.2 Å². The lowest BCUT2D eigenvalue weighted by atomic mass is 10.4. The average Bonchev–Trinajstić information content (AvgIpc) is 2.34. The van der Waals surface area contributed by atoms with Crippen molar-refractivity contribution in [1.29, 1.82) is 0 Å². The van der Waals surface area contributed by atoms with Crippen molar-refractivity contribution < 1.29 is 4.92 Å². The van der Waals surface area contributed by atoms with Gasteiger partial charge in [-0.2, -0.15) is 0 Å². The molecule has 18 heavy (non-hydrogen) atoms. The van der Waals surface area contributed by atoms with Gasteiger partial charge in [0, 0.05) is 12.3 Å². The molecule has 0 N–H and O–H groups in total. The Hall–Kier alpha value is -1.30. The number of nitrogens with zero attached hydrogens (tertiary/aromatic N) is 2. The lowest BCUT2D eigenvalue weighted by molar-refractivity contribution is -0.388. The van der Waals surface area contributed by atoms with Gasteiger partial charge in [0.15, 0.2) is 5.03 Å². The zero-order chi connectivity index (χ0) is 13.1. The van der Waals surface area contributed by atoms with Gasteiger partial charge in [0.25, 0.3) is 0 Å². The highest BCUT2D eigenvalue weighted by molar-refractivity contribution is 7.99. The van der Waals surface area contributed by atoms with Crippen molar-refractivity contribution in [3.8, 4) is 0 Å². The summed E-state index contributed by atoms with van der Waals surface area (Å²) in [7, 11) is 0. The second-order valence-corrected chi connectivity index (χ2v) is 5.05. The Labute approximate surface area is 117 Å². The fraction of sp³-hybridized carbons (Fsp3) is 0. The standard InChI is InChI=1S/C11H6Cl2N2O2S/c12-7-3-1-4-8(13)10(7)18-11-9(15(16)17)5-2-6-14-11/h1-6H. The first-order valence-electron chi connectivity index (χ1n) is 4.81. The summed E-state index contributed by atoms with van der Waals surface area (Å²) in [5, 5.41) is 12.0. The Morgan fingerprint density at radius 1 is 1.17 bits per heavy atom. The molecule has 1 heterocycles. The molecule has 0 fully saturated rings. The Morgan fingerprint density at radius 3 is 2.44 bits per heavy atom. The first kappa shape index (κ1) is 13.1. The molecule has 0 bridgehead atoms. The topological polar surface area (TPSA) is 56.0 Å². The van der Waals surface area contributed by atoms with Crippen molar-refractivity contribution >= 4 is 40.7 Å². The molecule has 0 atom stereocenters. The van der Waals surface area contributed by atoms with E-state index in [9.17, 15) is 10.1 Å². The third-order valence-corrected chi connectivity index (χ3v) is 4.07. The molecule has 2 rings (SSSR count). The van der Waals surface area contributed by atoms with Gasteiger partial charge in [-0.15, -0.1) is 0 Å². The van der Waals surface area contributed by atoms with E-state index in [0.29, 0.717) is 14.9 Å². The smallest absolute Gasteiger partial charge is 0.258 e. The predicted molar refractivity (Wildman–Crippen MR) is 71.5 cm³/mol. The van der Waals surface area contributed by atoms with Crippen molar-refractivity contribution in [2.24, 2.45) is 0 Å². The van der Waals surface area contributed by atoms with Crippen molar-refractivity contribution in [2.45, 2.75) is 9.92 Å². The summed E-state index contributed by atoms with van der Waals surface area (Å²) >= 11 is 13.1. The number of rotatable bonds is 3. The van der Waals surface area contributed by atoms with Crippen LogP contribution in [0.1, 0.15) is 0 Å². The van der Waals surface area contributed by atoms with Crippen LogP contribution in [0.2, 0.25) is 10.0 Å². The summed E-state index contributed by atoms with van der Waals surface area (Å²) < 4.78 is 0. The molecular formula is C11H6Cl2N2O2S. The average molecular weight is 301 g/mol. The van der Waals surface area contributed by atoms with E-state index in [1.807, 2.05) is 0 Å². The monoisotopic (exact) mass is 300 g/mol. The lowest BCUT2D eigenvalue weighted by Crippen LogP contribution is -1.92. The molecule has 1 aromatic carbocycles. The van der Waals surface area contributed by atoms with Crippen LogP contribution in [0.4, 0.5) is 5.69 Å². The van der Waals surface area contributed by atoms with Crippen molar-refractivity contribution in [3.05, 3.63) is 56.7 Å². The first-order chi connectivity index (χ1) is 8.59. The van der Waals surface area contributed by atoms with Crippen LogP contribution in [0.3, 0.4) is 0 Å². The fourth-order valence-electron chi connectivity index (χ4n) is 1.28. The molecule has 2 aromatic rings. The minimum absolute atomic E-state index is 0.0708. The fourth-order valence-corrected chi connectivity index (χ4v) is 2.79. The zero-order valence-electron chi connectivity index (χ0n) is 8.84. The molecule has 0 spiro atoms. The van der Waals surface area contributed by atoms with E-state index in [0.717, 1.165) is 11.8 Å². The maximum Gasteiger partial charge on any atom is 0.301 e. The summed E-state index contributed by atoms with van der Waals surface area (Å²) in [5.41, 5.74) is -0.0708. The Bertz CT molecular complexity index is 587. The van der Waals surface area contributed by atoms with Crippen LogP contribution < -0.4 is 0 Å². The van der Waals surface area contributed by atoms with Crippen LogP contribution in [0, 0.1) is 10.1 Å². The van der Waals surface area contributed by atoms with E-state index in [-0.39, 0.29) is 10.7 Å². The molecule has 4 nitrogen and oxygen atoms in total. The van der Waals surface area contributed by atoms with Gasteiger partial charge in [-0.25, -0.2) is 4.98 Å². The molecule has 7 heteroatoms. The zero-order valence-corrected chi connectivity index (χ0v) is 11.2. The summed E-state index contributed by atoms with van der Waals surface area (Å²) in [6.07, 6.45) is 1.49. The second-order valence-electron chi connectivity index (χ2n) is 3.24. The van der Waals surface area contributed by atoms with Crippen LogP contribution >= 0.6 is 35.0 Å². The number of hydrogen-bond donors (Lipinski definition) is 0.